The maximum absolute atomic E-state index is 13.6. The average molecular weight is 540 g/mol. The highest BCUT2D eigenvalue weighted by Crippen LogP contribution is 2.20. The third-order valence-electron chi connectivity index (χ3n) is 6.59. The van der Waals surface area contributed by atoms with Crippen LogP contribution in [-0.4, -0.2) is 63.1 Å². The maximum Gasteiger partial charge on any atom is 0.332 e. The number of imidazole rings is 1. The fraction of sp³-hybridized carbons (Fsp3) is 0.480. The second kappa shape index (κ2) is 12.6. The van der Waals surface area contributed by atoms with E-state index in [1.807, 2.05) is 13.8 Å². The van der Waals surface area contributed by atoms with Crippen molar-refractivity contribution in [3.63, 3.8) is 0 Å². The van der Waals surface area contributed by atoms with Crippen molar-refractivity contribution in [3.8, 4) is 0 Å². The maximum atomic E-state index is 13.6. The molecule has 0 saturated carbocycles. The van der Waals surface area contributed by atoms with Gasteiger partial charge in [-0.05, 0) is 19.3 Å². The molecule has 0 bridgehead atoms. The zero-order valence-electron chi connectivity index (χ0n) is 22.0. The Morgan fingerprint density at radius 1 is 1.13 bits per heavy atom. The van der Waals surface area contributed by atoms with Gasteiger partial charge in [0.05, 0.1) is 17.4 Å². The molecule has 208 valence electrons. The molecular weight excluding hydrogens is 506 g/mol. The zero-order chi connectivity index (χ0) is 27.9. The Morgan fingerprint density at radius 3 is 2.62 bits per heavy atom. The highest BCUT2D eigenvalue weighted by Gasteiger charge is 2.23. The zero-order valence-corrected chi connectivity index (χ0v) is 22.0. The van der Waals surface area contributed by atoms with Crippen molar-refractivity contribution in [2.75, 3.05) is 13.1 Å². The van der Waals surface area contributed by atoms with Crippen LogP contribution < -0.4 is 16.6 Å². The number of nitro benzene ring substituents is 1. The number of aryl methyl sites for hydroxylation is 2. The summed E-state index contributed by atoms with van der Waals surface area (Å²) in [6.07, 6.45) is 2.54. The van der Waals surface area contributed by atoms with E-state index < -0.39 is 22.3 Å². The van der Waals surface area contributed by atoms with Crippen molar-refractivity contribution >= 4 is 16.9 Å². The Kier molecular flexibility index (Phi) is 8.99. The van der Waals surface area contributed by atoms with E-state index in [9.17, 15) is 24.8 Å². The first-order chi connectivity index (χ1) is 18.8. The van der Waals surface area contributed by atoms with Crippen LogP contribution in [0.1, 0.15) is 43.9 Å². The molecule has 1 atom stereocenters. The number of benzene rings is 1. The molecule has 0 spiro atoms. The Bertz CT molecular complexity index is 1540. The summed E-state index contributed by atoms with van der Waals surface area (Å²) in [5.41, 5.74) is 0.00468. The van der Waals surface area contributed by atoms with Crippen LogP contribution in [0.25, 0.3) is 11.2 Å². The van der Waals surface area contributed by atoms with Crippen LogP contribution in [0.4, 0.5) is 5.69 Å². The normalized spacial score (nSPS) is 12.3. The minimum Gasteiger partial charge on any atom is -0.392 e. The van der Waals surface area contributed by atoms with E-state index in [0.717, 1.165) is 0 Å². The number of nitrogens with zero attached hydrogens (tertiary/aromatic N) is 7. The predicted molar refractivity (Wildman–Crippen MR) is 144 cm³/mol. The lowest BCUT2D eigenvalue weighted by Gasteiger charge is -2.14. The third kappa shape index (κ3) is 6.12. The van der Waals surface area contributed by atoms with Gasteiger partial charge in [0.25, 0.3) is 11.2 Å². The summed E-state index contributed by atoms with van der Waals surface area (Å²) in [5, 5.41) is 31.3. The van der Waals surface area contributed by atoms with E-state index >= 15 is 0 Å². The average Bonchev–Trinajstić information content (AvgIpc) is 3.57. The molecule has 1 aromatic carbocycles. The van der Waals surface area contributed by atoms with Gasteiger partial charge in [-0.2, -0.15) is 5.10 Å². The van der Waals surface area contributed by atoms with E-state index in [0.29, 0.717) is 49.7 Å². The van der Waals surface area contributed by atoms with Crippen LogP contribution in [0, 0.1) is 10.1 Å². The lowest BCUT2D eigenvalue weighted by Crippen LogP contribution is -2.41. The van der Waals surface area contributed by atoms with Crippen LogP contribution in [0.3, 0.4) is 0 Å². The molecule has 14 nitrogen and oxygen atoms in total. The van der Waals surface area contributed by atoms with Crippen LogP contribution >= 0.6 is 0 Å². The molecule has 39 heavy (non-hydrogen) atoms. The number of nitro groups is 1. The molecule has 0 saturated heterocycles. The molecule has 0 fully saturated rings. The fourth-order valence-electron chi connectivity index (χ4n) is 4.54. The van der Waals surface area contributed by atoms with Gasteiger partial charge in [-0.3, -0.25) is 29.1 Å². The van der Waals surface area contributed by atoms with E-state index in [2.05, 4.69) is 20.5 Å². The van der Waals surface area contributed by atoms with Crippen LogP contribution in [0.5, 0.6) is 0 Å². The summed E-state index contributed by atoms with van der Waals surface area (Å²) in [4.78, 5) is 47.1. The van der Waals surface area contributed by atoms with Gasteiger partial charge < -0.3 is 15.0 Å². The third-order valence-corrected chi connectivity index (χ3v) is 6.59. The molecule has 0 aliphatic carbocycles. The monoisotopic (exact) mass is 539 g/mol. The highest BCUT2D eigenvalue weighted by molar-refractivity contribution is 5.71. The second-order valence-corrected chi connectivity index (χ2v) is 9.25. The van der Waals surface area contributed by atoms with Crippen molar-refractivity contribution < 1.29 is 10.0 Å². The van der Waals surface area contributed by atoms with Gasteiger partial charge >= 0.3 is 5.69 Å². The van der Waals surface area contributed by atoms with E-state index in [1.165, 1.54) is 21.5 Å². The number of rotatable bonds is 14. The first kappa shape index (κ1) is 27.9. The summed E-state index contributed by atoms with van der Waals surface area (Å²) >= 11 is 0. The molecule has 14 heteroatoms. The minimum atomic E-state index is -0.506. The lowest BCUT2D eigenvalue weighted by atomic mass is 10.1. The number of aliphatic hydroxyl groups is 1. The smallest absolute Gasteiger partial charge is 0.332 e. The Hall–Kier alpha value is -4.17. The largest absolute Gasteiger partial charge is 0.392 e. The highest BCUT2D eigenvalue weighted by atomic mass is 16.6. The summed E-state index contributed by atoms with van der Waals surface area (Å²) in [7, 11) is 0. The summed E-state index contributed by atoms with van der Waals surface area (Å²) in [6.45, 7) is 5.32. The van der Waals surface area contributed by atoms with Crippen molar-refractivity contribution in [3.05, 3.63) is 78.8 Å². The van der Waals surface area contributed by atoms with Gasteiger partial charge in [0.2, 0.25) is 0 Å². The van der Waals surface area contributed by atoms with E-state index in [4.69, 9.17) is 4.98 Å². The van der Waals surface area contributed by atoms with Crippen molar-refractivity contribution in [1.82, 2.24) is 39.2 Å². The van der Waals surface area contributed by atoms with E-state index in [-0.39, 0.29) is 42.8 Å². The number of aromatic amines is 1. The van der Waals surface area contributed by atoms with Gasteiger partial charge in [0.15, 0.2) is 11.2 Å². The first-order valence-electron chi connectivity index (χ1n) is 13.0. The number of fused-ring (bicyclic) bond motifs is 1. The molecule has 3 heterocycles. The topological polar surface area (TPSA) is 179 Å². The predicted octanol–water partition coefficient (Wildman–Crippen LogP) is 0.990. The Morgan fingerprint density at radius 2 is 1.92 bits per heavy atom. The molecule has 4 aromatic rings. The fourth-order valence-corrected chi connectivity index (χ4v) is 4.54. The Labute approximate surface area is 223 Å². The van der Waals surface area contributed by atoms with Crippen LogP contribution in [-0.2, 0) is 32.5 Å². The summed E-state index contributed by atoms with van der Waals surface area (Å²) < 4.78 is 4.41. The number of aromatic nitrogens is 7. The van der Waals surface area contributed by atoms with Crippen molar-refractivity contribution in [1.29, 1.82) is 0 Å². The standard InChI is InChI=1S/C25H33N9O5/c1-3-11-33-24(36)22-23(32(25(33)37)12-9-17-7-5-6-8-19(17)34(38)39)29-21(14-20-27-16-28-30-20)31(22)13-10-26-15-18(35)4-2/h5-8,16,18,26,35H,3-4,9-15H2,1-2H3,(H,27,28,30). The number of H-pyrrole nitrogens is 1. The quantitative estimate of drug-likeness (QED) is 0.120. The SMILES string of the molecule is CCCn1c(=O)c2c(nc(Cc3ncn[nH]3)n2CCNCC(O)CC)n(CCc2ccccc2[N+](=O)[O-])c1=O. The van der Waals surface area contributed by atoms with Crippen molar-refractivity contribution in [2.45, 2.75) is 65.3 Å². The molecule has 0 aliphatic rings. The van der Waals surface area contributed by atoms with Crippen LogP contribution in [0.2, 0.25) is 0 Å². The number of hydrogen-bond acceptors (Lipinski definition) is 9. The number of para-hydroxylation sites is 1. The first-order valence-corrected chi connectivity index (χ1v) is 13.0. The lowest BCUT2D eigenvalue weighted by molar-refractivity contribution is -0.385. The number of hydrogen-bond donors (Lipinski definition) is 3. The van der Waals surface area contributed by atoms with Crippen LogP contribution in [0.15, 0.2) is 40.2 Å². The van der Waals surface area contributed by atoms with Gasteiger partial charge in [0, 0.05) is 44.4 Å². The van der Waals surface area contributed by atoms with Gasteiger partial charge in [0.1, 0.15) is 18.0 Å². The number of nitrogens with one attached hydrogen (secondary N) is 2. The molecular formula is C25H33N9O5. The second-order valence-electron chi connectivity index (χ2n) is 9.25. The molecule has 3 N–H and O–H groups in total. The minimum absolute atomic E-state index is 0.0273. The molecule has 0 aliphatic heterocycles. The molecule has 1 unspecified atom stereocenters. The van der Waals surface area contributed by atoms with Gasteiger partial charge in [-0.25, -0.2) is 14.8 Å². The van der Waals surface area contributed by atoms with Gasteiger partial charge in [-0.1, -0.05) is 32.0 Å². The summed E-state index contributed by atoms with van der Waals surface area (Å²) in [5.74, 6) is 1.06. The molecule has 0 amide bonds. The van der Waals surface area contributed by atoms with E-state index in [1.54, 1.807) is 22.8 Å². The Balaban J connectivity index is 1.81. The molecule has 4 rings (SSSR count). The van der Waals surface area contributed by atoms with Gasteiger partial charge in [-0.15, -0.1) is 0 Å². The molecule has 3 aromatic heterocycles. The van der Waals surface area contributed by atoms with Crippen molar-refractivity contribution in [2.24, 2.45) is 0 Å². The summed E-state index contributed by atoms with van der Waals surface area (Å²) in [6, 6.07) is 6.40. The number of aliphatic hydroxyl groups excluding tert-OH is 1. The molecule has 0 radical (unpaired) electrons.